The molecule has 0 bridgehead atoms. The summed E-state index contributed by atoms with van der Waals surface area (Å²) in [7, 11) is 1.53. The number of hydrogen-bond acceptors (Lipinski definition) is 3. The van der Waals surface area contributed by atoms with E-state index in [0.29, 0.717) is 22.6 Å². The van der Waals surface area contributed by atoms with Gasteiger partial charge in [0.2, 0.25) is 0 Å². The monoisotopic (exact) mass is 349 g/mol. The summed E-state index contributed by atoms with van der Waals surface area (Å²) in [6.45, 7) is 1.65. The molecule has 0 aliphatic carbocycles. The summed E-state index contributed by atoms with van der Waals surface area (Å²) >= 11 is 0. The SMILES string of the molecule is COc1cc2c(cc1NC(=O)c1ccc(C)c(F)c1)oc1ccccc12. The minimum atomic E-state index is -0.419. The summed E-state index contributed by atoms with van der Waals surface area (Å²) < 4.78 is 25.0. The van der Waals surface area contributed by atoms with Crippen molar-refractivity contribution in [2.45, 2.75) is 6.92 Å². The maximum atomic E-state index is 13.7. The van der Waals surface area contributed by atoms with Gasteiger partial charge in [0.05, 0.1) is 12.8 Å². The zero-order valence-electron chi connectivity index (χ0n) is 14.3. The summed E-state index contributed by atoms with van der Waals surface area (Å²) in [6, 6.07) is 15.6. The molecule has 5 heteroatoms. The van der Waals surface area contributed by atoms with Gasteiger partial charge >= 0.3 is 0 Å². The first-order valence-electron chi connectivity index (χ1n) is 8.13. The Bertz CT molecular complexity index is 1150. The molecule has 0 fully saturated rings. The number of fused-ring (bicyclic) bond motifs is 3. The molecule has 1 heterocycles. The summed E-state index contributed by atoms with van der Waals surface area (Å²) in [5.74, 6) is -0.333. The molecule has 0 radical (unpaired) electrons. The van der Waals surface area contributed by atoms with E-state index in [1.165, 1.54) is 13.2 Å². The minimum absolute atomic E-state index is 0.236. The Morgan fingerprint density at radius 3 is 2.62 bits per heavy atom. The molecule has 1 N–H and O–H groups in total. The Morgan fingerprint density at radius 1 is 1.04 bits per heavy atom. The van der Waals surface area contributed by atoms with Crippen molar-refractivity contribution in [3.63, 3.8) is 0 Å². The number of para-hydroxylation sites is 1. The minimum Gasteiger partial charge on any atom is -0.495 e. The van der Waals surface area contributed by atoms with E-state index < -0.39 is 11.7 Å². The number of ether oxygens (including phenoxy) is 1. The highest BCUT2D eigenvalue weighted by atomic mass is 19.1. The van der Waals surface area contributed by atoms with Crippen molar-refractivity contribution in [3.05, 3.63) is 71.5 Å². The van der Waals surface area contributed by atoms with Gasteiger partial charge in [-0.15, -0.1) is 0 Å². The Kier molecular flexibility index (Phi) is 3.84. The van der Waals surface area contributed by atoms with Crippen LogP contribution in [0.5, 0.6) is 5.75 Å². The maximum absolute atomic E-state index is 13.7. The molecule has 3 aromatic carbocycles. The molecule has 0 saturated carbocycles. The van der Waals surface area contributed by atoms with Crippen LogP contribution in [0.1, 0.15) is 15.9 Å². The summed E-state index contributed by atoms with van der Waals surface area (Å²) in [5.41, 5.74) is 2.58. The van der Waals surface area contributed by atoms with E-state index in [9.17, 15) is 9.18 Å². The quantitative estimate of drug-likeness (QED) is 0.546. The number of hydrogen-bond donors (Lipinski definition) is 1. The van der Waals surface area contributed by atoms with Gasteiger partial charge in [0.15, 0.2) is 0 Å². The number of rotatable bonds is 3. The Balaban J connectivity index is 1.76. The standard InChI is InChI=1S/C21H16FNO3/c1-12-7-8-13(9-16(12)22)21(24)23-17-11-19-15(10-20(17)25-2)14-5-3-4-6-18(14)26-19/h3-11H,1-2H3,(H,23,24). The fourth-order valence-corrected chi connectivity index (χ4v) is 2.95. The van der Waals surface area contributed by atoms with Gasteiger partial charge in [-0.25, -0.2) is 4.39 Å². The first-order valence-corrected chi connectivity index (χ1v) is 8.13. The molecule has 0 aliphatic rings. The number of amides is 1. The third-order valence-electron chi connectivity index (χ3n) is 4.38. The van der Waals surface area contributed by atoms with Crippen molar-refractivity contribution < 1.29 is 18.3 Å². The van der Waals surface area contributed by atoms with E-state index in [2.05, 4.69) is 5.32 Å². The number of aryl methyl sites for hydroxylation is 1. The maximum Gasteiger partial charge on any atom is 0.255 e. The molecule has 0 saturated heterocycles. The normalized spacial score (nSPS) is 11.0. The van der Waals surface area contributed by atoms with Gasteiger partial charge < -0.3 is 14.5 Å². The van der Waals surface area contributed by atoms with Gasteiger partial charge in [0, 0.05) is 22.4 Å². The molecular formula is C21H16FNO3. The Morgan fingerprint density at radius 2 is 1.85 bits per heavy atom. The van der Waals surface area contributed by atoms with Crippen LogP contribution >= 0.6 is 0 Å². The molecule has 26 heavy (non-hydrogen) atoms. The van der Waals surface area contributed by atoms with Gasteiger partial charge in [0.25, 0.3) is 5.91 Å². The van der Waals surface area contributed by atoms with Gasteiger partial charge in [-0.1, -0.05) is 24.3 Å². The van der Waals surface area contributed by atoms with Crippen LogP contribution < -0.4 is 10.1 Å². The van der Waals surface area contributed by atoms with Crippen LogP contribution in [-0.4, -0.2) is 13.0 Å². The van der Waals surface area contributed by atoms with Crippen LogP contribution in [0.15, 0.2) is 59.0 Å². The highest BCUT2D eigenvalue weighted by Crippen LogP contribution is 2.36. The summed E-state index contributed by atoms with van der Waals surface area (Å²) in [4.78, 5) is 12.5. The molecule has 1 aromatic heterocycles. The molecule has 1 amide bonds. The number of anilines is 1. The molecule has 0 spiro atoms. The van der Waals surface area contributed by atoms with Crippen molar-refractivity contribution in [2.75, 3.05) is 12.4 Å². The van der Waals surface area contributed by atoms with E-state index in [1.54, 1.807) is 25.1 Å². The van der Waals surface area contributed by atoms with Gasteiger partial charge in [-0.3, -0.25) is 4.79 Å². The highest BCUT2D eigenvalue weighted by molar-refractivity contribution is 6.10. The zero-order chi connectivity index (χ0) is 18.3. The third-order valence-corrected chi connectivity index (χ3v) is 4.38. The zero-order valence-corrected chi connectivity index (χ0v) is 14.3. The van der Waals surface area contributed by atoms with Crippen LogP contribution in [0.3, 0.4) is 0 Å². The van der Waals surface area contributed by atoms with Crippen LogP contribution in [0.25, 0.3) is 21.9 Å². The van der Waals surface area contributed by atoms with E-state index >= 15 is 0 Å². The molecule has 4 nitrogen and oxygen atoms in total. The average molecular weight is 349 g/mol. The number of benzene rings is 3. The summed E-state index contributed by atoms with van der Waals surface area (Å²) in [5, 5.41) is 4.64. The van der Waals surface area contributed by atoms with Gasteiger partial charge in [0.1, 0.15) is 22.7 Å². The number of nitrogens with one attached hydrogen (secondary N) is 1. The lowest BCUT2D eigenvalue weighted by atomic mass is 10.1. The molecule has 0 atom stereocenters. The molecular weight excluding hydrogens is 333 g/mol. The van der Waals surface area contributed by atoms with E-state index in [1.807, 2.05) is 30.3 Å². The van der Waals surface area contributed by atoms with Crippen LogP contribution in [-0.2, 0) is 0 Å². The first-order chi connectivity index (χ1) is 12.6. The fraction of sp³-hybridized carbons (Fsp3) is 0.0952. The number of carbonyl (C=O) groups excluding carboxylic acids is 1. The largest absolute Gasteiger partial charge is 0.495 e. The van der Waals surface area contributed by atoms with Crippen LogP contribution in [0, 0.1) is 12.7 Å². The Labute approximate surface area is 149 Å². The molecule has 4 aromatic rings. The number of methoxy groups -OCH3 is 1. The fourth-order valence-electron chi connectivity index (χ4n) is 2.95. The lowest BCUT2D eigenvalue weighted by Gasteiger charge is -2.11. The van der Waals surface area contributed by atoms with Crippen molar-refractivity contribution >= 4 is 33.5 Å². The second-order valence-corrected chi connectivity index (χ2v) is 6.06. The second kappa shape index (κ2) is 6.19. The van der Waals surface area contributed by atoms with E-state index in [-0.39, 0.29) is 5.56 Å². The van der Waals surface area contributed by atoms with Crippen molar-refractivity contribution in [3.8, 4) is 5.75 Å². The predicted molar refractivity (Wildman–Crippen MR) is 99.4 cm³/mol. The molecule has 0 unspecified atom stereocenters. The average Bonchev–Trinajstić information content (AvgIpc) is 3.00. The predicted octanol–water partition coefficient (Wildman–Crippen LogP) is 5.29. The third kappa shape index (κ3) is 2.67. The number of halogens is 1. The molecule has 0 aliphatic heterocycles. The highest BCUT2D eigenvalue weighted by Gasteiger charge is 2.15. The summed E-state index contributed by atoms with van der Waals surface area (Å²) in [6.07, 6.45) is 0. The second-order valence-electron chi connectivity index (χ2n) is 6.06. The van der Waals surface area contributed by atoms with E-state index in [4.69, 9.17) is 9.15 Å². The van der Waals surface area contributed by atoms with Crippen LogP contribution in [0.2, 0.25) is 0 Å². The van der Waals surface area contributed by atoms with Crippen molar-refractivity contribution in [2.24, 2.45) is 0 Å². The molecule has 4 rings (SSSR count). The van der Waals surface area contributed by atoms with Crippen LogP contribution in [0.4, 0.5) is 10.1 Å². The first kappa shape index (κ1) is 16.1. The van der Waals surface area contributed by atoms with Crippen molar-refractivity contribution in [1.29, 1.82) is 0 Å². The van der Waals surface area contributed by atoms with Gasteiger partial charge in [-0.05, 0) is 36.8 Å². The van der Waals surface area contributed by atoms with E-state index in [0.717, 1.165) is 16.4 Å². The number of carbonyl (C=O) groups is 1. The number of furan rings is 1. The topological polar surface area (TPSA) is 51.5 Å². The molecule has 130 valence electrons. The van der Waals surface area contributed by atoms with Gasteiger partial charge in [-0.2, -0.15) is 0 Å². The smallest absolute Gasteiger partial charge is 0.255 e. The lowest BCUT2D eigenvalue weighted by Crippen LogP contribution is -2.13. The van der Waals surface area contributed by atoms with Crippen molar-refractivity contribution in [1.82, 2.24) is 0 Å². The lowest BCUT2D eigenvalue weighted by molar-refractivity contribution is 0.102. The Hall–Kier alpha value is -3.34.